The number of methoxy groups -OCH3 is 1. The maximum absolute atomic E-state index is 13.2. The first-order valence-electron chi connectivity index (χ1n) is 10.7. The molecule has 0 spiro atoms. The van der Waals surface area contributed by atoms with E-state index >= 15 is 0 Å². The van der Waals surface area contributed by atoms with Gasteiger partial charge in [0.2, 0.25) is 5.91 Å². The van der Waals surface area contributed by atoms with Crippen LogP contribution in [0.2, 0.25) is 0 Å². The molecule has 1 amide bonds. The monoisotopic (exact) mass is 403 g/mol. The molecule has 0 saturated carbocycles. The molecule has 1 aliphatic rings. The Bertz CT molecular complexity index is 966. The highest BCUT2D eigenvalue weighted by atomic mass is 16.5. The van der Waals surface area contributed by atoms with Crippen LogP contribution in [-0.2, 0) is 4.79 Å². The van der Waals surface area contributed by atoms with Crippen LogP contribution in [0.15, 0.2) is 60.8 Å². The van der Waals surface area contributed by atoms with Crippen LogP contribution in [0, 0.1) is 0 Å². The molecule has 156 valence electrons. The Kier molecular flexibility index (Phi) is 6.17. The summed E-state index contributed by atoms with van der Waals surface area (Å²) in [5.41, 5.74) is 3.26. The van der Waals surface area contributed by atoms with E-state index in [1.54, 1.807) is 7.11 Å². The topological polar surface area (TPSA) is 58.2 Å². The number of ether oxygens (including phenoxy) is 1. The van der Waals surface area contributed by atoms with Gasteiger partial charge in [0.1, 0.15) is 11.6 Å². The highest BCUT2D eigenvalue weighted by molar-refractivity contribution is 5.77. The highest BCUT2D eigenvalue weighted by Gasteiger charge is 2.30. The van der Waals surface area contributed by atoms with Gasteiger partial charge in [-0.1, -0.05) is 49.4 Å². The van der Waals surface area contributed by atoms with E-state index in [0.29, 0.717) is 6.42 Å². The van der Waals surface area contributed by atoms with Gasteiger partial charge in [-0.25, -0.2) is 4.98 Å². The maximum atomic E-state index is 13.2. The normalized spacial score (nSPS) is 17.5. The number of carbonyl (C=O) groups is 1. The molecular weight excluding hydrogens is 374 g/mol. The van der Waals surface area contributed by atoms with Gasteiger partial charge in [-0.05, 0) is 48.4 Å². The molecule has 1 N–H and O–H groups in total. The number of amides is 1. The SMILES string of the molecule is COc1ccc(C(C)CC(=O)N2CCCCC2c2ncc(-c3ccccc3)[nH]2)cc1. The molecular formula is C25H29N3O2. The molecule has 4 rings (SSSR count). The zero-order valence-electron chi connectivity index (χ0n) is 17.7. The van der Waals surface area contributed by atoms with E-state index in [-0.39, 0.29) is 17.9 Å². The molecule has 1 aromatic heterocycles. The lowest BCUT2D eigenvalue weighted by Crippen LogP contribution is -2.39. The molecule has 2 unspecified atom stereocenters. The number of imidazole rings is 1. The van der Waals surface area contributed by atoms with Gasteiger partial charge in [0.05, 0.1) is 25.0 Å². The number of aromatic nitrogens is 2. The van der Waals surface area contributed by atoms with Crippen molar-refractivity contribution in [1.29, 1.82) is 0 Å². The van der Waals surface area contributed by atoms with Gasteiger partial charge in [0.15, 0.2) is 0 Å². The van der Waals surface area contributed by atoms with Crippen molar-refractivity contribution in [3.8, 4) is 17.0 Å². The molecule has 0 aliphatic carbocycles. The molecule has 2 aromatic carbocycles. The molecule has 5 heteroatoms. The summed E-state index contributed by atoms with van der Waals surface area (Å²) in [4.78, 5) is 23.4. The average molecular weight is 404 g/mol. The number of nitrogens with zero attached hydrogens (tertiary/aromatic N) is 2. The molecule has 3 aromatic rings. The van der Waals surface area contributed by atoms with Crippen molar-refractivity contribution < 1.29 is 9.53 Å². The summed E-state index contributed by atoms with van der Waals surface area (Å²) in [6.45, 7) is 2.90. The first-order chi connectivity index (χ1) is 14.7. The largest absolute Gasteiger partial charge is 0.497 e. The van der Waals surface area contributed by atoms with E-state index in [2.05, 4.69) is 29.0 Å². The van der Waals surface area contributed by atoms with Crippen LogP contribution in [-0.4, -0.2) is 34.4 Å². The smallest absolute Gasteiger partial charge is 0.223 e. The number of hydrogen-bond acceptors (Lipinski definition) is 3. The number of carbonyl (C=O) groups excluding carboxylic acids is 1. The summed E-state index contributed by atoms with van der Waals surface area (Å²) < 4.78 is 5.24. The van der Waals surface area contributed by atoms with Gasteiger partial charge in [0.25, 0.3) is 0 Å². The lowest BCUT2D eigenvalue weighted by Gasteiger charge is -2.35. The van der Waals surface area contributed by atoms with Crippen LogP contribution in [0.4, 0.5) is 0 Å². The van der Waals surface area contributed by atoms with Crippen molar-refractivity contribution in [2.75, 3.05) is 13.7 Å². The fourth-order valence-corrected chi connectivity index (χ4v) is 4.21. The van der Waals surface area contributed by atoms with Crippen molar-refractivity contribution in [2.24, 2.45) is 0 Å². The second kappa shape index (κ2) is 9.16. The van der Waals surface area contributed by atoms with E-state index < -0.39 is 0 Å². The molecule has 2 heterocycles. The number of likely N-dealkylation sites (tertiary alicyclic amines) is 1. The van der Waals surface area contributed by atoms with Crippen molar-refractivity contribution >= 4 is 5.91 Å². The fourth-order valence-electron chi connectivity index (χ4n) is 4.21. The molecule has 0 radical (unpaired) electrons. The summed E-state index contributed by atoms with van der Waals surface area (Å²) in [5.74, 6) is 2.07. The van der Waals surface area contributed by atoms with Crippen molar-refractivity contribution in [3.63, 3.8) is 0 Å². The first kappa shape index (κ1) is 20.2. The standard InChI is InChI=1S/C25H29N3O2/c1-18(19-11-13-21(30-2)14-12-19)16-24(29)28-15-7-6-10-23(28)25-26-17-22(27-25)20-8-4-3-5-9-20/h3-5,8-9,11-14,17-18,23H,6-7,10,15-16H2,1-2H3,(H,26,27). The number of piperidine rings is 1. The van der Waals surface area contributed by atoms with Gasteiger partial charge in [-0.15, -0.1) is 0 Å². The van der Waals surface area contributed by atoms with E-state index in [0.717, 1.165) is 54.2 Å². The molecule has 2 atom stereocenters. The molecule has 1 fully saturated rings. The summed E-state index contributed by atoms with van der Waals surface area (Å²) >= 11 is 0. The van der Waals surface area contributed by atoms with Crippen LogP contribution in [0.3, 0.4) is 0 Å². The third kappa shape index (κ3) is 4.40. The predicted octanol–water partition coefficient (Wildman–Crippen LogP) is 5.33. The Morgan fingerprint density at radius 2 is 1.93 bits per heavy atom. The third-order valence-corrected chi connectivity index (χ3v) is 5.98. The van der Waals surface area contributed by atoms with Crippen molar-refractivity contribution in [1.82, 2.24) is 14.9 Å². The van der Waals surface area contributed by atoms with Gasteiger partial charge in [-0.2, -0.15) is 0 Å². The maximum Gasteiger partial charge on any atom is 0.223 e. The third-order valence-electron chi connectivity index (χ3n) is 5.98. The zero-order chi connectivity index (χ0) is 20.9. The highest BCUT2D eigenvalue weighted by Crippen LogP contribution is 2.32. The molecule has 1 saturated heterocycles. The molecule has 1 aliphatic heterocycles. The van der Waals surface area contributed by atoms with Crippen LogP contribution < -0.4 is 4.74 Å². The number of benzene rings is 2. The van der Waals surface area contributed by atoms with Crippen LogP contribution >= 0.6 is 0 Å². The summed E-state index contributed by atoms with van der Waals surface area (Å²) in [6.07, 6.45) is 5.48. The van der Waals surface area contributed by atoms with E-state index in [1.807, 2.05) is 53.6 Å². The van der Waals surface area contributed by atoms with E-state index in [4.69, 9.17) is 4.74 Å². The Morgan fingerprint density at radius 3 is 2.67 bits per heavy atom. The van der Waals surface area contributed by atoms with Gasteiger partial charge in [0, 0.05) is 13.0 Å². The molecule has 5 nitrogen and oxygen atoms in total. The lowest BCUT2D eigenvalue weighted by atomic mass is 9.95. The van der Waals surface area contributed by atoms with Gasteiger partial charge >= 0.3 is 0 Å². The van der Waals surface area contributed by atoms with Crippen LogP contribution in [0.25, 0.3) is 11.3 Å². The number of aromatic amines is 1. The quantitative estimate of drug-likeness (QED) is 0.605. The van der Waals surface area contributed by atoms with E-state index in [1.165, 1.54) is 0 Å². The minimum atomic E-state index is 0.0202. The van der Waals surface area contributed by atoms with Crippen molar-refractivity contribution in [2.45, 2.75) is 44.6 Å². The number of rotatable bonds is 6. The van der Waals surface area contributed by atoms with Gasteiger partial charge < -0.3 is 14.6 Å². The molecule has 30 heavy (non-hydrogen) atoms. The number of hydrogen-bond donors (Lipinski definition) is 1. The first-order valence-corrected chi connectivity index (χ1v) is 10.7. The summed E-state index contributed by atoms with van der Waals surface area (Å²) in [6, 6.07) is 18.2. The Morgan fingerprint density at radius 1 is 1.17 bits per heavy atom. The zero-order valence-corrected chi connectivity index (χ0v) is 17.7. The summed E-state index contributed by atoms with van der Waals surface area (Å²) in [5, 5.41) is 0. The average Bonchev–Trinajstić information content (AvgIpc) is 3.30. The second-order valence-corrected chi connectivity index (χ2v) is 8.03. The second-order valence-electron chi connectivity index (χ2n) is 8.03. The van der Waals surface area contributed by atoms with E-state index in [9.17, 15) is 4.79 Å². The van der Waals surface area contributed by atoms with Crippen LogP contribution in [0.5, 0.6) is 5.75 Å². The Balaban J connectivity index is 1.48. The number of H-pyrrole nitrogens is 1. The number of nitrogens with one attached hydrogen (secondary N) is 1. The fraction of sp³-hybridized carbons (Fsp3) is 0.360. The molecule has 0 bridgehead atoms. The van der Waals surface area contributed by atoms with Gasteiger partial charge in [-0.3, -0.25) is 4.79 Å². The predicted molar refractivity (Wildman–Crippen MR) is 118 cm³/mol. The summed E-state index contributed by atoms with van der Waals surface area (Å²) in [7, 11) is 1.66. The van der Waals surface area contributed by atoms with Crippen molar-refractivity contribution in [3.05, 3.63) is 72.2 Å². The minimum absolute atomic E-state index is 0.0202. The van der Waals surface area contributed by atoms with Crippen LogP contribution in [0.1, 0.15) is 56.0 Å². The Hall–Kier alpha value is -3.08. The Labute approximate surface area is 178 Å². The lowest BCUT2D eigenvalue weighted by molar-refractivity contribution is -0.135. The minimum Gasteiger partial charge on any atom is -0.497 e.